The molecule has 2 aliphatic rings. The number of ether oxygens (including phenoxy) is 1. The van der Waals surface area contributed by atoms with E-state index in [1.54, 1.807) is 6.92 Å². The van der Waals surface area contributed by atoms with Gasteiger partial charge in [-0.15, -0.1) is 0 Å². The summed E-state index contributed by atoms with van der Waals surface area (Å²) in [5.74, 6) is -0.447. The SMILES string of the molecule is CC(NC(=O)C1COCCN1)C(=O)Nc1cccc(N2CCCC2)c1. The quantitative estimate of drug-likeness (QED) is 0.732. The molecule has 0 aromatic heterocycles. The molecule has 2 fully saturated rings. The van der Waals surface area contributed by atoms with Crippen molar-refractivity contribution in [3.05, 3.63) is 24.3 Å². The highest BCUT2D eigenvalue weighted by Gasteiger charge is 2.24. The zero-order chi connectivity index (χ0) is 17.6. The lowest BCUT2D eigenvalue weighted by Crippen LogP contribution is -2.54. The summed E-state index contributed by atoms with van der Waals surface area (Å²) in [6.07, 6.45) is 2.41. The van der Waals surface area contributed by atoms with Crippen molar-refractivity contribution >= 4 is 23.2 Å². The van der Waals surface area contributed by atoms with Gasteiger partial charge in [-0.1, -0.05) is 6.07 Å². The maximum absolute atomic E-state index is 12.4. The van der Waals surface area contributed by atoms with Crippen LogP contribution in [0.25, 0.3) is 0 Å². The average Bonchev–Trinajstić information content (AvgIpc) is 3.17. The second-order valence-corrected chi connectivity index (χ2v) is 6.55. The number of anilines is 2. The van der Waals surface area contributed by atoms with Gasteiger partial charge in [-0.3, -0.25) is 9.59 Å². The van der Waals surface area contributed by atoms with Crippen LogP contribution < -0.4 is 20.9 Å². The molecule has 7 nitrogen and oxygen atoms in total. The maximum atomic E-state index is 12.4. The third-order valence-electron chi connectivity index (χ3n) is 4.58. The van der Waals surface area contributed by atoms with Gasteiger partial charge in [0.2, 0.25) is 11.8 Å². The summed E-state index contributed by atoms with van der Waals surface area (Å²) in [6.45, 7) is 5.37. The van der Waals surface area contributed by atoms with Crippen LogP contribution in [-0.4, -0.2) is 56.7 Å². The van der Waals surface area contributed by atoms with E-state index in [-0.39, 0.29) is 11.8 Å². The molecule has 0 bridgehead atoms. The molecule has 2 heterocycles. The van der Waals surface area contributed by atoms with Crippen LogP contribution >= 0.6 is 0 Å². The highest BCUT2D eigenvalue weighted by atomic mass is 16.5. The van der Waals surface area contributed by atoms with Gasteiger partial charge in [0.1, 0.15) is 12.1 Å². The fraction of sp³-hybridized carbons (Fsp3) is 0.556. The Bertz CT molecular complexity index is 610. The average molecular weight is 346 g/mol. The lowest BCUT2D eigenvalue weighted by atomic mass is 10.2. The Balaban J connectivity index is 1.54. The van der Waals surface area contributed by atoms with Gasteiger partial charge in [0.05, 0.1) is 13.2 Å². The highest BCUT2D eigenvalue weighted by molar-refractivity contribution is 5.97. The largest absolute Gasteiger partial charge is 0.378 e. The minimum atomic E-state index is -0.619. The van der Waals surface area contributed by atoms with Crippen molar-refractivity contribution in [2.45, 2.75) is 31.8 Å². The second kappa shape index (κ2) is 8.31. The molecule has 2 aliphatic heterocycles. The Morgan fingerprint density at radius 3 is 2.84 bits per heavy atom. The summed E-state index contributed by atoms with van der Waals surface area (Å²) >= 11 is 0. The topological polar surface area (TPSA) is 82.7 Å². The van der Waals surface area contributed by atoms with Gasteiger partial charge in [0.25, 0.3) is 0 Å². The van der Waals surface area contributed by atoms with Crippen LogP contribution in [0.2, 0.25) is 0 Å². The molecule has 2 amide bonds. The Morgan fingerprint density at radius 1 is 1.32 bits per heavy atom. The van der Waals surface area contributed by atoms with Crippen molar-refractivity contribution in [3.63, 3.8) is 0 Å². The van der Waals surface area contributed by atoms with E-state index in [0.29, 0.717) is 19.8 Å². The molecule has 2 atom stereocenters. The molecular weight excluding hydrogens is 320 g/mol. The van der Waals surface area contributed by atoms with Gasteiger partial charge in [0.15, 0.2) is 0 Å². The van der Waals surface area contributed by atoms with Crippen molar-refractivity contribution in [2.24, 2.45) is 0 Å². The summed E-state index contributed by atoms with van der Waals surface area (Å²) in [5.41, 5.74) is 1.87. The Morgan fingerprint density at radius 2 is 2.12 bits per heavy atom. The predicted molar refractivity (Wildman–Crippen MR) is 96.7 cm³/mol. The van der Waals surface area contributed by atoms with Crippen LogP contribution in [0.15, 0.2) is 24.3 Å². The first-order valence-electron chi connectivity index (χ1n) is 8.91. The number of nitrogens with zero attached hydrogens (tertiary/aromatic N) is 1. The van der Waals surface area contributed by atoms with Gasteiger partial charge < -0.3 is 25.6 Å². The van der Waals surface area contributed by atoms with Crippen LogP contribution in [0.4, 0.5) is 11.4 Å². The third-order valence-corrected chi connectivity index (χ3v) is 4.58. The molecule has 136 valence electrons. The molecule has 1 aromatic rings. The molecule has 25 heavy (non-hydrogen) atoms. The van der Waals surface area contributed by atoms with E-state index in [2.05, 4.69) is 26.9 Å². The number of carbonyl (C=O) groups excluding carboxylic acids is 2. The maximum Gasteiger partial charge on any atom is 0.246 e. The summed E-state index contributed by atoms with van der Waals surface area (Å²) < 4.78 is 5.27. The van der Waals surface area contributed by atoms with Gasteiger partial charge in [-0.05, 0) is 38.0 Å². The van der Waals surface area contributed by atoms with E-state index in [1.807, 2.05) is 18.2 Å². The van der Waals surface area contributed by atoms with Crippen molar-refractivity contribution in [2.75, 3.05) is 43.1 Å². The Labute approximate surface area is 148 Å². The normalized spacial score (nSPS) is 21.6. The van der Waals surface area contributed by atoms with E-state index in [0.717, 1.165) is 24.5 Å². The van der Waals surface area contributed by atoms with E-state index < -0.39 is 12.1 Å². The fourth-order valence-corrected chi connectivity index (χ4v) is 3.12. The van der Waals surface area contributed by atoms with Crippen molar-refractivity contribution in [3.8, 4) is 0 Å². The van der Waals surface area contributed by atoms with Crippen molar-refractivity contribution in [1.29, 1.82) is 0 Å². The number of amides is 2. The molecular formula is C18H26N4O3. The van der Waals surface area contributed by atoms with Crippen LogP contribution in [0, 0.1) is 0 Å². The predicted octanol–water partition coefficient (Wildman–Crippen LogP) is 0.718. The molecule has 2 unspecified atom stereocenters. The minimum Gasteiger partial charge on any atom is -0.378 e. The molecule has 3 N–H and O–H groups in total. The number of morpholine rings is 1. The van der Waals surface area contributed by atoms with Crippen LogP contribution in [0.3, 0.4) is 0 Å². The van der Waals surface area contributed by atoms with E-state index >= 15 is 0 Å². The molecule has 0 saturated carbocycles. The third kappa shape index (κ3) is 4.70. The smallest absolute Gasteiger partial charge is 0.246 e. The van der Waals surface area contributed by atoms with Crippen molar-refractivity contribution < 1.29 is 14.3 Å². The van der Waals surface area contributed by atoms with Crippen LogP contribution in [0.1, 0.15) is 19.8 Å². The van der Waals surface area contributed by atoms with Gasteiger partial charge in [-0.2, -0.15) is 0 Å². The minimum absolute atomic E-state index is 0.215. The number of hydrogen-bond donors (Lipinski definition) is 3. The second-order valence-electron chi connectivity index (χ2n) is 6.55. The lowest BCUT2D eigenvalue weighted by molar-refractivity contribution is -0.129. The monoisotopic (exact) mass is 346 g/mol. The van der Waals surface area contributed by atoms with Gasteiger partial charge in [-0.25, -0.2) is 0 Å². The van der Waals surface area contributed by atoms with Gasteiger partial charge >= 0.3 is 0 Å². The van der Waals surface area contributed by atoms with Gasteiger partial charge in [0, 0.05) is 31.0 Å². The fourth-order valence-electron chi connectivity index (χ4n) is 3.12. The first kappa shape index (κ1) is 17.7. The van der Waals surface area contributed by atoms with E-state index in [1.165, 1.54) is 12.8 Å². The van der Waals surface area contributed by atoms with E-state index in [9.17, 15) is 9.59 Å². The van der Waals surface area contributed by atoms with Crippen molar-refractivity contribution in [1.82, 2.24) is 10.6 Å². The zero-order valence-corrected chi connectivity index (χ0v) is 14.6. The first-order valence-corrected chi connectivity index (χ1v) is 8.91. The summed E-state index contributed by atoms with van der Waals surface area (Å²) in [5, 5.41) is 8.69. The molecule has 0 aliphatic carbocycles. The zero-order valence-electron chi connectivity index (χ0n) is 14.6. The molecule has 1 aromatic carbocycles. The highest BCUT2D eigenvalue weighted by Crippen LogP contribution is 2.23. The number of carbonyl (C=O) groups is 2. The molecule has 0 radical (unpaired) electrons. The number of benzene rings is 1. The standard InChI is InChI=1S/C18H26N4O3/c1-13(20-18(24)16-12-25-10-7-19-16)17(23)21-14-5-4-6-15(11-14)22-8-2-3-9-22/h4-6,11,13,16,19H,2-3,7-10,12H2,1H3,(H,20,24)(H,21,23). The Kier molecular flexibility index (Phi) is 5.88. The van der Waals surface area contributed by atoms with E-state index in [4.69, 9.17) is 4.74 Å². The molecule has 7 heteroatoms. The summed E-state index contributed by atoms with van der Waals surface area (Å²) in [7, 11) is 0. The van der Waals surface area contributed by atoms with Crippen LogP contribution in [0.5, 0.6) is 0 Å². The molecule has 3 rings (SSSR count). The summed E-state index contributed by atoms with van der Waals surface area (Å²) in [6, 6.07) is 6.82. The number of hydrogen-bond acceptors (Lipinski definition) is 5. The van der Waals surface area contributed by atoms with Crippen LogP contribution in [-0.2, 0) is 14.3 Å². The Hall–Kier alpha value is -2.12. The molecule has 2 saturated heterocycles. The molecule has 0 spiro atoms. The first-order chi connectivity index (χ1) is 12.1. The lowest BCUT2D eigenvalue weighted by Gasteiger charge is -2.24. The summed E-state index contributed by atoms with van der Waals surface area (Å²) in [4.78, 5) is 26.8. The number of nitrogens with one attached hydrogen (secondary N) is 3. The number of rotatable bonds is 5.